The molecule has 0 aliphatic heterocycles. The first-order chi connectivity index (χ1) is 7.77. The third-order valence-electron chi connectivity index (χ3n) is 2.16. The molecule has 0 aliphatic rings. The molecule has 0 radical (unpaired) electrons. The van der Waals surface area contributed by atoms with E-state index >= 15 is 0 Å². The van der Waals surface area contributed by atoms with Crippen LogP contribution in [0.2, 0.25) is 0 Å². The van der Waals surface area contributed by atoms with Crippen LogP contribution in [0.3, 0.4) is 0 Å². The Morgan fingerprint density at radius 2 is 2.31 bits per heavy atom. The molecule has 0 heterocycles. The van der Waals surface area contributed by atoms with Crippen molar-refractivity contribution >= 4 is 17.5 Å². The molecule has 1 N–H and O–H groups in total. The van der Waals surface area contributed by atoms with E-state index in [9.17, 15) is 0 Å². The van der Waals surface area contributed by atoms with Crippen LogP contribution in [0.4, 0.5) is 0 Å². The SMILES string of the molecule is CSCCCOc1cccc(/C(C)=N/O)c1. The number of nitrogens with zero attached hydrogens (tertiary/aromatic N) is 1. The van der Waals surface area contributed by atoms with Gasteiger partial charge >= 0.3 is 0 Å². The minimum Gasteiger partial charge on any atom is -0.494 e. The lowest BCUT2D eigenvalue weighted by atomic mass is 10.1. The summed E-state index contributed by atoms with van der Waals surface area (Å²) in [7, 11) is 0. The number of rotatable bonds is 6. The van der Waals surface area contributed by atoms with Crippen LogP contribution in [-0.4, -0.2) is 29.5 Å². The normalized spacial score (nSPS) is 11.5. The number of ether oxygens (including phenoxy) is 1. The van der Waals surface area contributed by atoms with E-state index in [2.05, 4.69) is 11.4 Å². The van der Waals surface area contributed by atoms with Gasteiger partial charge in [0.25, 0.3) is 0 Å². The molecule has 0 aromatic heterocycles. The highest BCUT2D eigenvalue weighted by Gasteiger charge is 2.00. The summed E-state index contributed by atoms with van der Waals surface area (Å²) >= 11 is 1.82. The minimum atomic E-state index is 0.592. The van der Waals surface area contributed by atoms with Crippen LogP contribution in [0.25, 0.3) is 0 Å². The Morgan fingerprint density at radius 1 is 1.50 bits per heavy atom. The summed E-state index contributed by atoms with van der Waals surface area (Å²) in [5.41, 5.74) is 1.47. The summed E-state index contributed by atoms with van der Waals surface area (Å²) in [5.74, 6) is 1.93. The Balaban J connectivity index is 2.54. The van der Waals surface area contributed by atoms with E-state index in [4.69, 9.17) is 9.94 Å². The molecule has 1 aromatic rings. The largest absolute Gasteiger partial charge is 0.494 e. The maximum Gasteiger partial charge on any atom is 0.119 e. The minimum absolute atomic E-state index is 0.592. The molecule has 1 rings (SSSR count). The van der Waals surface area contributed by atoms with E-state index in [0.717, 1.165) is 30.1 Å². The molecular formula is C12H17NO2S. The molecule has 0 atom stereocenters. The number of hydrogen-bond donors (Lipinski definition) is 1. The number of benzene rings is 1. The lowest BCUT2D eigenvalue weighted by Crippen LogP contribution is -2.00. The summed E-state index contributed by atoms with van der Waals surface area (Å²) < 4.78 is 5.59. The molecule has 0 amide bonds. The van der Waals surface area contributed by atoms with Gasteiger partial charge in [-0.2, -0.15) is 11.8 Å². The van der Waals surface area contributed by atoms with E-state index in [-0.39, 0.29) is 0 Å². The van der Waals surface area contributed by atoms with Gasteiger partial charge in [0.05, 0.1) is 12.3 Å². The summed E-state index contributed by atoms with van der Waals surface area (Å²) in [5, 5.41) is 11.8. The summed E-state index contributed by atoms with van der Waals surface area (Å²) in [6.45, 7) is 2.48. The van der Waals surface area contributed by atoms with Gasteiger partial charge in [-0.05, 0) is 37.5 Å². The first-order valence-corrected chi connectivity index (χ1v) is 6.58. The number of oxime groups is 1. The van der Waals surface area contributed by atoms with E-state index in [1.54, 1.807) is 6.92 Å². The van der Waals surface area contributed by atoms with Gasteiger partial charge in [-0.25, -0.2) is 0 Å². The van der Waals surface area contributed by atoms with Gasteiger partial charge in [-0.1, -0.05) is 17.3 Å². The van der Waals surface area contributed by atoms with Crippen molar-refractivity contribution in [3.63, 3.8) is 0 Å². The fraction of sp³-hybridized carbons (Fsp3) is 0.417. The van der Waals surface area contributed by atoms with Gasteiger partial charge in [0, 0.05) is 5.56 Å². The number of thioether (sulfide) groups is 1. The smallest absolute Gasteiger partial charge is 0.119 e. The Bertz CT molecular complexity index is 353. The van der Waals surface area contributed by atoms with Crippen LogP contribution in [-0.2, 0) is 0 Å². The molecule has 0 unspecified atom stereocenters. The van der Waals surface area contributed by atoms with Gasteiger partial charge in [-0.3, -0.25) is 0 Å². The third kappa shape index (κ3) is 4.14. The van der Waals surface area contributed by atoms with Crippen molar-refractivity contribution in [2.24, 2.45) is 5.16 Å². The highest BCUT2D eigenvalue weighted by atomic mass is 32.2. The Morgan fingerprint density at radius 3 is 3.00 bits per heavy atom. The topological polar surface area (TPSA) is 41.8 Å². The molecule has 1 aromatic carbocycles. The van der Waals surface area contributed by atoms with Crippen molar-refractivity contribution in [2.45, 2.75) is 13.3 Å². The predicted molar refractivity (Wildman–Crippen MR) is 68.9 cm³/mol. The second kappa shape index (κ2) is 7.17. The summed E-state index contributed by atoms with van der Waals surface area (Å²) in [6.07, 6.45) is 3.13. The molecule has 0 spiro atoms. The maximum absolute atomic E-state index is 8.67. The molecule has 4 heteroatoms. The molecule has 0 saturated carbocycles. The van der Waals surface area contributed by atoms with E-state index in [0.29, 0.717) is 5.71 Å². The molecule has 88 valence electrons. The fourth-order valence-corrected chi connectivity index (χ4v) is 1.67. The first kappa shape index (κ1) is 12.9. The number of hydrogen-bond acceptors (Lipinski definition) is 4. The Kier molecular flexibility index (Phi) is 5.78. The van der Waals surface area contributed by atoms with Crippen molar-refractivity contribution in [3.05, 3.63) is 29.8 Å². The van der Waals surface area contributed by atoms with Gasteiger partial charge in [0.1, 0.15) is 5.75 Å². The zero-order chi connectivity index (χ0) is 11.8. The Hall–Kier alpha value is -1.16. The molecule has 3 nitrogen and oxygen atoms in total. The standard InChI is InChI=1S/C12H17NO2S/c1-10(13-14)11-5-3-6-12(9-11)15-7-4-8-16-2/h3,5-6,9,14H,4,7-8H2,1-2H3/b13-10+. The van der Waals surface area contributed by atoms with E-state index in [1.165, 1.54) is 0 Å². The van der Waals surface area contributed by atoms with Crippen LogP contribution in [0.15, 0.2) is 29.4 Å². The van der Waals surface area contributed by atoms with Gasteiger partial charge < -0.3 is 9.94 Å². The lowest BCUT2D eigenvalue weighted by molar-refractivity contribution is 0.317. The average Bonchev–Trinajstić information content (AvgIpc) is 2.34. The van der Waals surface area contributed by atoms with Crippen LogP contribution >= 0.6 is 11.8 Å². The lowest BCUT2D eigenvalue weighted by Gasteiger charge is -2.07. The van der Waals surface area contributed by atoms with Crippen LogP contribution in [0, 0.1) is 0 Å². The second-order valence-corrected chi connectivity index (χ2v) is 4.39. The molecule has 16 heavy (non-hydrogen) atoms. The van der Waals surface area contributed by atoms with E-state index in [1.807, 2.05) is 36.0 Å². The van der Waals surface area contributed by atoms with Gasteiger partial charge in [0.2, 0.25) is 0 Å². The van der Waals surface area contributed by atoms with Crippen LogP contribution in [0.5, 0.6) is 5.75 Å². The first-order valence-electron chi connectivity index (χ1n) is 5.18. The quantitative estimate of drug-likeness (QED) is 0.359. The second-order valence-electron chi connectivity index (χ2n) is 3.41. The van der Waals surface area contributed by atoms with Crippen LogP contribution < -0.4 is 4.74 Å². The highest BCUT2D eigenvalue weighted by molar-refractivity contribution is 7.98. The van der Waals surface area contributed by atoms with Crippen molar-refractivity contribution in [1.82, 2.24) is 0 Å². The molecule has 0 saturated heterocycles. The monoisotopic (exact) mass is 239 g/mol. The average molecular weight is 239 g/mol. The summed E-state index contributed by atoms with van der Waals surface area (Å²) in [6, 6.07) is 7.58. The van der Waals surface area contributed by atoms with Crippen molar-refractivity contribution in [1.29, 1.82) is 0 Å². The summed E-state index contributed by atoms with van der Waals surface area (Å²) in [4.78, 5) is 0. The van der Waals surface area contributed by atoms with Crippen LogP contribution in [0.1, 0.15) is 18.9 Å². The van der Waals surface area contributed by atoms with Crippen molar-refractivity contribution < 1.29 is 9.94 Å². The zero-order valence-electron chi connectivity index (χ0n) is 9.64. The molecule has 0 aliphatic carbocycles. The highest BCUT2D eigenvalue weighted by Crippen LogP contribution is 2.14. The van der Waals surface area contributed by atoms with Crippen molar-refractivity contribution in [3.8, 4) is 5.75 Å². The molecule has 0 bridgehead atoms. The molecular weight excluding hydrogens is 222 g/mol. The maximum atomic E-state index is 8.67. The van der Waals surface area contributed by atoms with Crippen molar-refractivity contribution in [2.75, 3.05) is 18.6 Å². The fourth-order valence-electron chi connectivity index (χ4n) is 1.26. The molecule has 0 fully saturated rings. The predicted octanol–water partition coefficient (Wildman–Crippen LogP) is 3.02. The third-order valence-corrected chi connectivity index (χ3v) is 2.86. The van der Waals surface area contributed by atoms with E-state index < -0.39 is 0 Å². The zero-order valence-corrected chi connectivity index (χ0v) is 10.5. The Labute approximate surface area is 101 Å². The van der Waals surface area contributed by atoms with Gasteiger partial charge in [0.15, 0.2) is 0 Å². The van der Waals surface area contributed by atoms with Gasteiger partial charge in [-0.15, -0.1) is 0 Å².